The zero-order valence-corrected chi connectivity index (χ0v) is 18.2. The topological polar surface area (TPSA) is 77.2 Å². The number of amides is 1. The summed E-state index contributed by atoms with van der Waals surface area (Å²) in [4.78, 5) is 18.3. The number of carbonyl (C=O) groups excluding carboxylic acids is 1. The van der Waals surface area contributed by atoms with Crippen LogP contribution in [0.15, 0.2) is 45.9 Å². The van der Waals surface area contributed by atoms with E-state index in [4.69, 9.17) is 20.9 Å². The number of nitrogens with zero attached hydrogens (tertiary/aromatic N) is 2. The van der Waals surface area contributed by atoms with Gasteiger partial charge in [0.25, 0.3) is 5.91 Å². The van der Waals surface area contributed by atoms with E-state index in [0.717, 1.165) is 15.8 Å². The molecule has 0 bridgehead atoms. The molecule has 1 N–H and O–H groups in total. The monoisotopic (exact) mass is 437 g/mol. The number of halogens is 1. The van der Waals surface area contributed by atoms with Gasteiger partial charge < -0.3 is 14.6 Å². The van der Waals surface area contributed by atoms with Crippen molar-refractivity contribution in [2.45, 2.75) is 29.7 Å². The molecule has 6 nitrogen and oxygen atoms in total. The minimum absolute atomic E-state index is 0.171. The van der Waals surface area contributed by atoms with Gasteiger partial charge in [-0.2, -0.15) is 0 Å². The van der Waals surface area contributed by atoms with Gasteiger partial charge in [0.05, 0.1) is 11.1 Å². The van der Waals surface area contributed by atoms with E-state index in [-0.39, 0.29) is 11.1 Å². The molecule has 2 aromatic heterocycles. The van der Waals surface area contributed by atoms with Crippen molar-refractivity contribution in [1.29, 1.82) is 0 Å². The van der Waals surface area contributed by atoms with Crippen LogP contribution in [0.1, 0.15) is 19.5 Å². The van der Waals surface area contributed by atoms with Gasteiger partial charge in [0.15, 0.2) is 0 Å². The Balaban J connectivity index is 1.76. The Morgan fingerprint density at radius 3 is 2.71 bits per heavy atom. The molecule has 0 saturated heterocycles. The van der Waals surface area contributed by atoms with Gasteiger partial charge in [-0.05, 0) is 62.2 Å². The summed E-state index contributed by atoms with van der Waals surface area (Å²) in [6.07, 6.45) is 5.66. The molecular weight excluding hydrogens is 418 g/mol. The number of ether oxygens (including phenoxy) is 1. The average molecular weight is 438 g/mol. The molecule has 0 aliphatic rings. The van der Waals surface area contributed by atoms with E-state index >= 15 is 0 Å². The summed E-state index contributed by atoms with van der Waals surface area (Å²) < 4.78 is 10.8. The maximum Gasteiger partial charge on any atom is 0.272 e. The fourth-order valence-electron chi connectivity index (χ4n) is 2.59. The van der Waals surface area contributed by atoms with E-state index in [0.29, 0.717) is 11.4 Å². The average Bonchev–Trinajstić information content (AvgIpc) is 3.12. The Hall–Kier alpha value is -1.90. The number of nitrogens with one attached hydrogen (secondary N) is 1. The maximum absolute atomic E-state index is 12.8. The summed E-state index contributed by atoms with van der Waals surface area (Å²) in [5.41, 5.74) is -0.0757. The Morgan fingerprint density at radius 1 is 1.29 bits per heavy atom. The Labute approximate surface area is 176 Å². The molecule has 148 valence electrons. The molecule has 28 heavy (non-hydrogen) atoms. The first-order valence-corrected chi connectivity index (χ1v) is 11.3. The first-order valence-electron chi connectivity index (χ1n) is 8.40. The molecule has 0 spiro atoms. The number of hydrogen-bond acceptors (Lipinski definition) is 7. The van der Waals surface area contributed by atoms with Crippen molar-refractivity contribution >= 4 is 51.9 Å². The summed E-state index contributed by atoms with van der Waals surface area (Å²) in [6, 6.07) is 9.21. The van der Waals surface area contributed by atoms with Crippen molar-refractivity contribution in [3.63, 3.8) is 0 Å². The fraction of sp³-hybridized carbons (Fsp3) is 0.316. The number of carbonyl (C=O) groups is 1. The minimum atomic E-state index is -0.758. The molecule has 9 heteroatoms. The van der Waals surface area contributed by atoms with Crippen molar-refractivity contribution in [2.24, 2.45) is 0 Å². The molecule has 0 radical (unpaired) electrons. The second kappa shape index (κ2) is 8.63. The first kappa shape index (κ1) is 20.8. The van der Waals surface area contributed by atoms with Crippen LogP contribution in [0.25, 0.3) is 10.9 Å². The highest BCUT2D eigenvalue weighted by Crippen LogP contribution is 2.27. The van der Waals surface area contributed by atoms with Crippen molar-refractivity contribution in [3.05, 3.63) is 47.4 Å². The van der Waals surface area contributed by atoms with E-state index in [9.17, 15) is 4.79 Å². The van der Waals surface area contributed by atoms with Crippen molar-refractivity contribution < 1.29 is 14.1 Å². The van der Waals surface area contributed by atoms with E-state index in [1.807, 2.05) is 56.8 Å². The zero-order chi connectivity index (χ0) is 20.3. The molecule has 1 unspecified atom stereocenters. The third kappa shape index (κ3) is 4.74. The highest BCUT2D eigenvalue weighted by atomic mass is 35.5. The van der Waals surface area contributed by atoms with Crippen molar-refractivity contribution in [1.82, 2.24) is 15.5 Å². The SMILES string of the molecule is CSc1cnc2ccc(OC(SC)C(=O)NC(C)(C)c3cc(Cl)on3)cc2c1. The number of fused-ring (bicyclic) bond motifs is 1. The summed E-state index contributed by atoms with van der Waals surface area (Å²) in [7, 11) is 0. The second-order valence-electron chi connectivity index (χ2n) is 6.55. The number of rotatable bonds is 7. The predicted molar refractivity (Wildman–Crippen MR) is 114 cm³/mol. The Kier molecular flexibility index (Phi) is 6.42. The number of benzene rings is 1. The summed E-state index contributed by atoms with van der Waals surface area (Å²) in [5.74, 6) is 0.331. The Bertz CT molecular complexity index is 993. The predicted octanol–water partition coefficient (Wildman–Crippen LogP) is 4.72. The summed E-state index contributed by atoms with van der Waals surface area (Å²) >= 11 is 8.72. The van der Waals surface area contributed by atoms with Crippen LogP contribution in [0, 0.1) is 0 Å². The van der Waals surface area contributed by atoms with Gasteiger partial charge in [0, 0.05) is 22.5 Å². The molecule has 3 aromatic rings. The van der Waals surface area contributed by atoms with Gasteiger partial charge in [0.1, 0.15) is 11.4 Å². The standard InChI is InChI=1S/C19H20ClN3O3S2/c1-19(2,15-9-16(20)26-23-15)22-17(24)18(28-4)25-12-5-6-14-11(7-12)8-13(27-3)10-21-14/h5-10,18H,1-4H3,(H,22,24). The molecule has 1 aromatic carbocycles. The van der Waals surface area contributed by atoms with E-state index in [1.165, 1.54) is 11.8 Å². The van der Waals surface area contributed by atoms with Gasteiger partial charge in [-0.25, -0.2) is 0 Å². The van der Waals surface area contributed by atoms with Crippen LogP contribution in [0.5, 0.6) is 5.75 Å². The maximum atomic E-state index is 12.8. The second-order valence-corrected chi connectivity index (χ2v) is 8.70. The normalized spacial score (nSPS) is 12.8. The van der Waals surface area contributed by atoms with E-state index in [2.05, 4.69) is 15.5 Å². The summed E-state index contributed by atoms with van der Waals surface area (Å²) in [5, 5.41) is 7.94. The molecule has 0 aliphatic heterocycles. The van der Waals surface area contributed by atoms with Gasteiger partial charge in [-0.15, -0.1) is 23.5 Å². The molecule has 1 atom stereocenters. The molecule has 0 saturated carbocycles. The highest BCUT2D eigenvalue weighted by molar-refractivity contribution is 7.99. The van der Waals surface area contributed by atoms with Gasteiger partial charge in [0.2, 0.25) is 10.7 Å². The van der Waals surface area contributed by atoms with Gasteiger partial charge in [-0.3, -0.25) is 9.78 Å². The molecular formula is C19H20ClN3O3S2. The molecule has 1 amide bonds. The van der Waals surface area contributed by atoms with E-state index < -0.39 is 11.0 Å². The van der Waals surface area contributed by atoms with Crippen LogP contribution in [0.3, 0.4) is 0 Å². The minimum Gasteiger partial charge on any atom is -0.470 e. The lowest BCUT2D eigenvalue weighted by Crippen LogP contribution is -2.46. The first-order chi connectivity index (χ1) is 13.3. The van der Waals surface area contributed by atoms with Crippen LogP contribution in [-0.2, 0) is 10.3 Å². The van der Waals surface area contributed by atoms with Crippen LogP contribution in [-0.4, -0.2) is 34.0 Å². The van der Waals surface area contributed by atoms with Gasteiger partial charge >= 0.3 is 0 Å². The molecule has 0 fully saturated rings. The smallest absolute Gasteiger partial charge is 0.272 e. The lowest BCUT2D eigenvalue weighted by molar-refractivity contribution is -0.126. The zero-order valence-electron chi connectivity index (χ0n) is 15.9. The van der Waals surface area contributed by atoms with Crippen LogP contribution in [0.4, 0.5) is 0 Å². The highest BCUT2D eigenvalue weighted by Gasteiger charge is 2.30. The third-order valence-electron chi connectivity index (χ3n) is 4.09. The number of pyridine rings is 1. The van der Waals surface area contributed by atoms with Crippen LogP contribution in [0.2, 0.25) is 5.22 Å². The number of hydrogen-bond donors (Lipinski definition) is 1. The van der Waals surface area contributed by atoms with E-state index in [1.54, 1.807) is 17.8 Å². The van der Waals surface area contributed by atoms with Crippen molar-refractivity contribution in [2.75, 3.05) is 12.5 Å². The number of aromatic nitrogens is 2. The largest absolute Gasteiger partial charge is 0.470 e. The quantitative estimate of drug-likeness (QED) is 0.423. The Morgan fingerprint density at radius 2 is 2.07 bits per heavy atom. The molecule has 0 aliphatic carbocycles. The lowest BCUT2D eigenvalue weighted by Gasteiger charge is -2.26. The third-order valence-corrected chi connectivity index (χ3v) is 5.70. The molecule has 2 heterocycles. The van der Waals surface area contributed by atoms with Crippen LogP contribution < -0.4 is 10.1 Å². The molecule has 3 rings (SSSR count). The van der Waals surface area contributed by atoms with Crippen LogP contribution >= 0.6 is 35.1 Å². The lowest BCUT2D eigenvalue weighted by atomic mass is 10.0. The summed E-state index contributed by atoms with van der Waals surface area (Å²) in [6.45, 7) is 3.64. The van der Waals surface area contributed by atoms with Crippen molar-refractivity contribution in [3.8, 4) is 5.75 Å². The van der Waals surface area contributed by atoms with Gasteiger partial charge in [-0.1, -0.05) is 5.16 Å². The fourth-order valence-corrected chi connectivity index (χ4v) is 3.61. The number of thioether (sulfide) groups is 2.